The maximum Gasteiger partial charge on any atom is 0.222 e. The van der Waals surface area contributed by atoms with Gasteiger partial charge in [0, 0.05) is 54.5 Å². The molecular formula is C22H26BrN3O3. The Morgan fingerprint density at radius 1 is 1.21 bits per heavy atom. The summed E-state index contributed by atoms with van der Waals surface area (Å²) in [6, 6.07) is 11.5. The number of carbonyl (C=O) groups is 1. The molecule has 0 spiro atoms. The first-order valence-electron chi connectivity index (χ1n) is 9.75. The minimum absolute atomic E-state index is 0.0616. The van der Waals surface area contributed by atoms with Gasteiger partial charge in [-0.15, -0.1) is 0 Å². The monoisotopic (exact) mass is 459 g/mol. The molecule has 6 nitrogen and oxygen atoms in total. The van der Waals surface area contributed by atoms with Crippen molar-refractivity contribution in [3.63, 3.8) is 0 Å². The van der Waals surface area contributed by atoms with Crippen LogP contribution in [0.2, 0.25) is 0 Å². The van der Waals surface area contributed by atoms with Crippen molar-refractivity contribution >= 4 is 39.4 Å². The van der Waals surface area contributed by atoms with Crippen LogP contribution in [0, 0.1) is 0 Å². The molecule has 7 heteroatoms. The summed E-state index contributed by atoms with van der Waals surface area (Å²) >= 11 is 3.41. The van der Waals surface area contributed by atoms with E-state index in [1.165, 1.54) is 7.11 Å². The highest BCUT2D eigenvalue weighted by Gasteiger charge is 2.20. The molecule has 1 aliphatic rings. The van der Waals surface area contributed by atoms with Gasteiger partial charge in [0.25, 0.3) is 0 Å². The molecule has 1 fully saturated rings. The Balaban J connectivity index is 1.64. The number of nitrogens with zero attached hydrogens (tertiary/aromatic N) is 3. The summed E-state index contributed by atoms with van der Waals surface area (Å²) in [5.41, 5.74) is 2.50. The predicted octanol–water partition coefficient (Wildman–Crippen LogP) is 4.36. The predicted molar refractivity (Wildman–Crippen MR) is 120 cm³/mol. The topological polar surface area (TPSA) is 65.4 Å². The number of piperazine rings is 1. The van der Waals surface area contributed by atoms with Crippen molar-refractivity contribution in [1.29, 1.82) is 0 Å². The molecule has 0 unspecified atom stereocenters. The maximum atomic E-state index is 12.0. The lowest BCUT2D eigenvalue weighted by atomic mass is 10.2. The van der Waals surface area contributed by atoms with Crippen LogP contribution in [-0.2, 0) is 4.79 Å². The smallest absolute Gasteiger partial charge is 0.222 e. The van der Waals surface area contributed by atoms with Gasteiger partial charge in [0.2, 0.25) is 5.91 Å². The average molecular weight is 460 g/mol. The third-order valence-electron chi connectivity index (χ3n) is 4.95. The molecule has 1 amide bonds. The largest absolute Gasteiger partial charge is 0.504 e. The molecule has 0 saturated carbocycles. The van der Waals surface area contributed by atoms with Crippen LogP contribution >= 0.6 is 15.9 Å². The normalized spacial score (nSPS) is 14.4. The molecule has 1 saturated heterocycles. The number of hydrogen-bond donors (Lipinski definition) is 1. The standard InChI is InChI=1S/C22H26BrN3O3/c1-3-4-21(27)26-11-9-25(10-12-26)19-7-5-18(6-8-19)24-15-16-13-17(23)14-20(29-2)22(16)28/h5-8,13-15,28H,3-4,9-12H2,1-2H3. The number of anilines is 1. The number of benzene rings is 2. The van der Waals surface area contributed by atoms with Crippen LogP contribution in [0.4, 0.5) is 11.4 Å². The number of aromatic hydroxyl groups is 1. The van der Waals surface area contributed by atoms with Crippen molar-refractivity contribution < 1.29 is 14.6 Å². The Hall–Kier alpha value is -2.54. The zero-order valence-corrected chi connectivity index (χ0v) is 18.4. The zero-order valence-electron chi connectivity index (χ0n) is 16.8. The van der Waals surface area contributed by atoms with Gasteiger partial charge < -0.3 is 19.6 Å². The second-order valence-electron chi connectivity index (χ2n) is 6.94. The van der Waals surface area contributed by atoms with Gasteiger partial charge in [-0.2, -0.15) is 0 Å². The number of methoxy groups -OCH3 is 1. The molecule has 0 aromatic heterocycles. The Kier molecular flexibility index (Phi) is 7.14. The van der Waals surface area contributed by atoms with Gasteiger partial charge in [0.15, 0.2) is 11.5 Å². The van der Waals surface area contributed by atoms with Crippen molar-refractivity contribution in [3.8, 4) is 11.5 Å². The van der Waals surface area contributed by atoms with E-state index in [1.807, 2.05) is 36.1 Å². The summed E-state index contributed by atoms with van der Waals surface area (Å²) in [6.07, 6.45) is 3.15. The Bertz CT molecular complexity index is 876. The number of ether oxygens (including phenoxy) is 1. The summed E-state index contributed by atoms with van der Waals surface area (Å²) in [4.78, 5) is 20.7. The fraction of sp³-hybridized carbons (Fsp3) is 0.364. The third kappa shape index (κ3) is 5.29. The molecule has 29 heavy (non-hydrogen) atoms. The van der Waals surface area contributed by atoms with Gasteiger partial charge in [0.1, 0.15) is 0 Å². The summed E-state index contributed by atoms with van der Waals surface area (Å²) in [7, 11) is 1.51. The first kappa shape index (κ1) is 21.2. The van der Waals surface area contributed by atoms with Crippen molar-refractivity contribution in [2.75, 3.05) is 38.2 Å². The fourth-order valence-corrected chi connectivity index (χ4v) is 3.78. The molecule has 1 aliphatic heterocycles. The van der Waals surface area contributed by atoms with Crippen LogP contribution in [0.1, 0.15) is 25.3 Å². The van der Waals surface area contributed by atoms with Crippen molar-refractivity contribution in [2.24, 2.45) is 4.99 Å². The molecule has 3 rings (SSSR count). The van der Waals surface area contributed by atoms with Gasteiger partial charge in [-0.25, -0.2) is 0 Å². The maximum absolute atomic E-state index is 12.0. The molecule has 154 valence electrons. The van der Waals surface area contributed by atoms with Crippen LogP contribution in [-0.4, -0.2) is 55.4 Å². The second kappa shape index (κ2) is 9.78. The number of rotatable bonds is 6. The van der Waals surface area contributed by atoms with E-state index >= 15 is 0 Å². The lowest BCUT2D eigenvalue weighted by Crippen LogP contribution is -2.48. The first-order chi connectivity index (χ1) is 14.0. The van der Waals surface area contributed by atoms with E-state index in [0.717, 1.165) is 48.4 Å². The summed E-state index contributed by atoms with van der Waals surface area (Å²) < 4.78 is 5.97. The Morgan fingerprint density at radius 3 is 2.52 bits per heavy atom. The lowest BCUT2D eigenvalue weighted by Gasteiger charge is -2.36. The van der Waals surface area contributed by atoms with Gasteiger partial charge in [-0.05, 0) is 42.8 Å². The van der Waals surface area contributed by atoms with Gasteiger partial charge in [0.05, 0.1) is 12.8 Å². The third-order valence-corrected chi connectivity index (χ3v) is 5.41. The van der Waals surface area contributed by atoms with Gasteiger partial charge in [-0.1, -0.05) is 22.9 Å². The van der Waals surface area contributed by atoms with Crippen LogP contribution < -0.4 is 9.64 Å². The van der Waals surface area contributed by atoms with E-state index in [4.69, 9.17) is 4.74 Å². The van der Waals surface area contributed by atoms with Crippen molar-refractivity contribution in [1.82, 2.24) is 4.90 Å². The van der Waals surface area contributed by atoms with E-state index in [9.17, 15) is 9.90 Å². The Labute approximate surface area is 179 Å². The number of amides is 1. The van der Waals surface area contributed by atoms with Gasteiger partial charge in [-0.3, -0.25) is 9.79 Å². The molecule has 2 aromatic carbocycles. The van der Waals surface area contributed by atoms with Crippen LogP contribution in [0.25, 0.3) is 0 Å². The fourth-order valence-electron chi connectivity index (χ4n) is 3.33. The quantitative estimate of drug-likeness (QED) is 0.651. The molecule has 0 atom stereocenters. The number of phenols is 1. The van der Waals surface area contributed by atoms with E-state index in [2.05, 4.69) is 25.8 Å². The van der Waals surface area contributed by atoms with E-state index in [0.29, 0.717) is 17.7 Å². The number of phenolic OH excluding ortho intramolecular Hbond substituents is 1. The minimum Gasteiger partial charge on any atom is -0.504 e. The minimum atomic E-state index is 0.0616. The number of carbonyl (C=O) groups excluding carboxylic acids is 1. The SMILES string of the molecule is CCCC(=O)N1CCN(c2ccc(N=Cc3cc(Br)cc(OC)c3O)cc2)CC1. The van der Waals surface area contributed by atoms with Gasteiger partial charge >= 0.3 is 0 Å². The second-order valence-corrected chi connectivity index (χ2v) is 7.85. The van der Waals surface area contributed by atoms with Crippen molar-refractivity contribution in [2.45, 2.75) is 19.8 Å². The first-order valence-corrected chi connectivity index (χ1v) is 10.5. The number of hydrogen-bond acceptors (Lipinski definition) is 5. The Morgan fingerprint density at radius 2 is 1.90 bits per heavy atom. The van der Waals surface area contributed by atoms with Crippen LogP contribution in [0.3, 0.4) is 0 Å². The summed E-state index contributed by atoms with van der Waals surface area (Å²) in [5, 5.41) is 10.2. The molecule has 1 heterocycles. The number of halogens is 1. The molecule has 2 aromatic rings. The lowest BCUT2D eigenvalue weighted by molar-refractivity contribution is -0.131. The highest BCUT2D eigenvalue weighted by molar-refractivity contribution is 9.10. The van der Waals surface area contributed by atoms with E-state index in [-0.39, 0.29) is 11.7 Å². The van der Waals surface area contributed by atoms with E-state index in [1.54, 1.807) is 18.3 Å². The average Bonchev–Trinajstić information content (AvgIpc) is 2.74. The number of aliphatic imine (C=N–C) groups is 1. The molecular weight excluding hydrogens is 434 g/mol. The van der Waals surface area contributed by atoms with Crippen LogP contribution in [0.15, 0.2) is 45.9 Å². The molecule has 1 N–H and O–H groups in total. The molecule has 0 bridgehead atoms. The van der Waals surface area contributed by atoms with E-state index < -0.39 is 0 Å². The highest BCUT2D eigenvalue weighted by atomic mass is 79.9. The zero-order chi connectivity index (χ0) is 20.8. The molecule has 0 aliphatic carbocycles. The van der Waals surface area contributed by atoms with Crippen LogP contribution in [0.5, 0.6) is 11.5 Å². The highest BCUT2D eigenvalue weighted by Crippen LogP contribution is 2.33. The van der Waals surface area contributed by atoms with Crippen molar-refractivity contribution in [3.05, 3.63) is 46.4 Å². The summed E-state index contributed by atoms with van der Waals surface area (Å²) in [6.45, 7) is 5.24. The summed E-state index contributed by atoms with van der Waals surface area (Å²) in [5.74, 6) is 0.712. The molecule has 0 radical (unpaired) electrons.